The topological polar surface area (TPSA) is 84.9 Å². The summed E-state index contributed by atoms with van der Waals surface area (Å²) in [6, 6.07) is 12.4. The number of alkyl halides is 6. The van der Waals surface area contributed by atoms with Crippen LogP contribution in [0.3, 0.4) is 0 Å². The molecular formula is C27H23F6NO5S. The van der Waals surface area contributed by atoms with Crippen molar-refractivity contribution in [2.75, 3.05) is 17.7 Å². The number of carboxylic acids is 1. The van der Waals surface area contributed by atoms with Crippen LogP contribution in [0.5, 0.6) is 17.2 Å². The SMILES string of the molecule is CCOc1c(CC(=O)O)cccc1Oc1ccc(NC(=O)c2ccc(C(F)(F)F)cc2)cc1CSCC(F)(F)F. The number of thioether (sulfide) groups is 1. The van der Waals surface area contributed by atoms with Crippen molar-refractivity contribution in [3.05, 3.63) is 82.9 Å². The molecule has 0 saturated heterocycles. The first kappa shape index (κ1) is 30.7. The van der Waals surface area contributed by atoms with Crippen molar-refractivity contribution in [2.45, 2.75) is 31.5 Å². The minimum Gasteiger partial charge on any atom is -0.490 e. The second-order valence-electron chi connectivity index (χ2n) is 8.31. The predicted octanol–water partition coefficient (Wildman–Crippen LogP) is 7.57. The molecular weight excluding hydrogens is 564 g/mol. The molecule has 0 aromatic heterocycles. The summed E-state index contributed by atoms with van der Waals surface area (Å²) in [5.41, 5.74) is -0.207. The number of aliphatic carboxylic acids is 1. The summed E-state index contributed by atoms with van der Waals surface area (Å²) in [4.78, 5) is 23.9. The van der Waals surface area contributed by atoms with Gasteiger partial charge in [-0.25, -0.2) is 0 Å². The molecule has 3 aromatic carbocycles. The quantitative estimate of drug-likeness (QED) is 0.225. The Labute approximate surface area is 229 Å². The van der Waals surface area contributed by atoms with Gasteiger partial charge in [0.05, 0.1) is 24.3 Å². The first-order valence-electron chi connectivity index (χ1n) is 11.7. The lowest BCUT2D eigenvalue weighted by molar-refractivity contribution is -0.138. The molecule has 0 heterocycles. The summed E-state index contributed by atoms with van der Waals surface area (Å²) in [7, 11) is 0. The van der Waals surface area contributed by atoms with Gasteiger partial charge < -0.3 is 19.9 Å². The third kappa shape index (κ3) is 8.83. The summed E-state index contributed by atoms with van der Waals surface area (Å²) in [5.74, 6) is -2.70. The molecule has 0 aliphatic rings. The van der Waals surface area contributed by atoms with Crippen LogP contribution < -0.4 is 14.8 Å². The first-order chi connectivity index (χ1) is 18.8. The van der Waals surface area contributed by atoms with E-state index >= 15 is 0 Å². The first-order valence-corrected chi connectivity index (χ1v) is 12.8. The summed E-state index contributed by atoms with van der Waals surface area (Å²) >= 11 is 0.559. The maximum Gasteiger partial charge on any atom is 0.416 e. The van der Waals surface area contributed by atoms with Crippen LogP contribution in [0.1, 0.15) is 34.0 Å². The van der Waals surface area contributed by atoms with Gasteiger partial charge in [0.15, 0.2) is 11.5 Å². The Hall–Kier alpha value is -3.87. The van der Waals surface area contributed by atoms with E-state index in [9.17, 15) is 41.0 Å². The Balaban J connectivity index is 1.90. The molecule has 214 valence electrons. The van der Waals surface area contributed by atoms with Gasteiger partial charge in [-0.15, -0.1) is 11.8 Å². The summed E-state index contributed by atoms with van der Waals surface area (Å²) < 4.78 is 88.3. The number of hydrogen-bond donors (Lipinski definition) is 2. The van der Waals surface area contributed by atoms with Gasteiger partial charge in [-0.3, -0.25) is 9.59 Å². The van der Waals surface area contributed by atoms with Crippen molar-refractivity contribution in [1.82, 2.24) is 0 Å². The molecule has 1 amide bonds. The lowest BCUT2D eigenvalue weighted by Gasteiger charge is -2.18. The Bertz CT molecular complexity index is 1340. The highest BCUT2D eigenvalue weighted by Crippen LogP contribution is 2.38. The third-order valence-corrected chi connectivity index (χ3v) is 6.27. The number of rotatable bonds is 11. The highest BCUT2D eigenvalue weighted by Gasteiger charge is 2.30. The number of amides is 1. The molecule has 40 heavy (non-hydrogen) atoms. The molecule has 0 saturated carbocycles. The Morgan fingerprint density at radius 1 is 0.925 bits per heavy atom. The normalized spacial score (nSPS) is 11.7. The van der Waals surface area contributed by atoms with Gasteiger partial charge in [-0.05, 0) is 55.5 Å². The van der Waals surface area contributed by atoms with E-state index in [0.717, 1.165) is 24.3 Å². The van der Waals surface area contributed by atoms with Crippen LogP contribution in [-0.4, -0.2) is 35.5 Å². The fraction of sp³-hybridized carbons (Fsp3) is 0.259. The van der Waals surface area contributed by atoms with E-state index < -0.39 is 35.5 Å². The van der Waals surface area contributed by atoms with Gasteiger partial charge in [-0.1, -0.05) is 12.1 Å². The number of hydrogen-bond acceptors (Lipinski definition) is 5. The molecule has 0 spiro atoms. The fourth-order valence-corrected chi connectivity index (χ4v) is 4.31. The monoisotopic (exact) mass is 587 g/mol. The minimum atomic E-state index is -4.57. The lowest BCUT2D eigenvalue weighted by Crippen LogP contribution is -2.13. The number of para-hydroxylation sites is 1. The van der Waals surface area contributed by atoms with Gasteiger partial charge in [0, 0.05) is 28.1 Å². The van der Waals surface area contributed by atoms with Crippen LogP contribution in [0.2, 0.25) is 0 Å². The molecule has 0 bridgehead atoms. The van der Waals surface area contributed by atoms with Crippen LogP contribution in [0.15, 0.2) is 60.7 Å². The standard InChI is InChI=1S/C27H23F6NO5S/c1-2-38-24-17(13-23(35)36)4-3-5-22(24)39-21-11-10-20(12-18(21)14-40-15-26(28,29)30)34-25(37)16-6-8-19(9-7-16)27(31,32)33/h3-12H,2,13-15H2,1H3,(H,34,37)(H,35,36). The lowest BCUT2D eigenvalue weighted by atomic mass is 10.1. The van der Waals surface area contributed by atoms with Crippen molar-refractivity contribution in [3.8, 4) is 17.2 Å². The maximum atomic E-state index is 12.8. The third-order valence-electron chi connectivity index (χ3n) is 5.23. The number of halogens is 6. The summed E-state index contributed by atoms with van der Waals surface area (Å²) in [6.45, 7) is 1.88. The number of carboxylic acid groups (broad SMARTS) is 1. The van der Waals surface area contributed by atoms with E-state index in [1.165, 1.54) is 24.3 Å². The Morgan fingerprint density at radius 2 is 1.62 bits per heavy atom. The number of ether oxygens (including phenoxy) is 2. The molecule has 0 unspecified atom stereocenters. The zero-order chi connectivity index (χ0) is 29.5. The van der Waals surface area contributed by atoms with E-state index in [2.05, 4.69) is 5.32 Å². The van der Waals surface area contributed by atoms with Gasteiger partial charge in [0.2, 0.25) is 0 Å². The van der Waals surface area contributed by atoms with Gasteiger partial charge in [0.25, 0.3) is 5.91 Å². The molecule has 0 radical (unpaired) electrons. The van der Waals surface area contributed by atoms with Crippen LogP contribution in [0, 0.1) is 0 Å². The van der Waals surface area contributed by atoms with E-state index in [-0.39, 0.29) is 52.8 Å². The van der Waals surface area contributed by atoms with Crippen molar-refractivity contribution in [3.63, 3.8) is 0 Å². The predicted molar refractivity (Wildman–Crippen MR) is 137 cm³/mol. The number of carbonyl (C=O) groups excluding carboxylic acids is 1. The summed E-state index contributed by atoms with van der Waals surface area (Å²) in [6.07, 6.45) is -9.34. The molecule has 0 fully saturated rings. The van der Waals surface area contributed by atoms with Crippen molar-refractivity contribution in [1.29, 1.82) is 0 Å². The van der Waals surface area contributed by atoms with Gasteiger partial charge in [-0.2, -0.15) is 26.3 Å². The molecule has 0 aliphatic carbocycles. The molecule has 13 heteroatoms. The van der Waals surface area contributed by atoms with Crippen molar-refractivity contribution < 1.29 is 50.5 Å². The molecule has 0 atom stereocenters. The summed E-state index contributed by atoms with van der Waals surface area (Å²) in [5, 5.41) is 11.7. The Morgan fingerprint density at radius 3 is 2.23 bits per heavy atom. The van der Waals surface area contributed by atoms with E-state index in [1.54, 1.807) is 19.1 Å². The molecule has 3 rings (SSSR count). The average Bonchev–Trinajstić information content (AvgIpc) is 2.86. The molecule has 0 aliphatic heterocycles. The van der Waals surface area contributed by atoms with Gasteiger partial charge >= 0.3 is 18.3 Å². The zero-order valence-electron chi connectivity index (χ0n) is 20.9. The van der Waals surface area contributed by atoms with Crippen LogP contribution >= 0.6 is 11.8 Å². The van der Waals surface area contributed by atoms with E-state index in [4.69, 9.17) is 9.47 Å². The van der Waals surface area contributed by atoms with Gasteiger partial charge in [0.1, 0.15) is 5.75 Å². The second-order valence-corrected chi connectivity index (χ2v) is 9.30. The highest BCUT2D eigenvalue weighted by molar-refractivity contribution is 7.98. The smallest absolute Gasteiger partial charge is 0.416 e. The largest absolute Gasteiger partial charge is 0.490 e. The molecule has 2 N–H and O–H groups in total. The number of nitrogens with one attached hydrogen (secondary N) is 1. The highest BCUT2D eigenvalue weighted by atomic mass is 32.2. The maximum absolute atomic E-state index is 12.8. The molecule has 3 aromatic rings. The minimum absolute atomic E-state index is 0.0575. The van der Waals surface area contributed by atoms with Crippen LogP contribution in [-0.2, 0) is 23.1 Å². The zero-order valence-corrected chi connectivity index (χ0v) is 21.7. The number of benzene rings is 3. The number of anilines is 1. The fourth-order valence-electron chi connectivity index (χ4n) is 3.53. The molecule has 6 nitrogen and oxygen atoms in total. The van der Waals surface area contributed by atoms with Crippen molar-refractivity contribution in [2.24, 2.45) is 0 Å². The number of carbonyl (C=O) groups is 2. The van der Waals surface area contributed by atoms with Crippen molar-refractivity contribution >= 4 is 29.3 Å². The average molecular weight is 588 g/mol. The van der Waals surface area contributed by atoms with E-state index in [0.29, 0.717) is 17.3 Å². The van der Waals surface area contributed by atoms with Crippen LogP contribution in [0.25, 0.3) is 0 Å². The Kier molecular flexibility index (Phi) is 9.96. The van der Waals surface area contributed by atoms with Crippen LogP contribution in [0.4, 0.5) is 32.0 Å². The second kappa shape index (κ2) is 13.0. The van der Waals surface area contributed by atoms with E-state index in [1.807, 2.05) is 0 Å².